The fraction of sp³-hybridized carbons (Fsp3) is 0.111. The van der Waals surface area contributed by atoms with Crippen LogP contribution in [0.1, 0.15) is 30.0 Å². The molecule has 0 aliphatic heterocycles. The first-order chi connectivity index (χ1) is 16.4. The quantitative estimate of drug-likeness (QED) is 0.370. The number of benzene rings is 3. The monoisotopic (exact) mass is 455 g/mol. The fourth-order valence-corrected chi connectivity index (χ4v) is 3.92. The highest BCUT2D eigenvalue weighted by molar-refractivity contribution is 5.95. The Morgan fingerprint density at radius 2 is 1.74 bits per heavy atom. The number of aromatic amines is 1. The van der Waals surface area contributed by atoms with Crippen LogP contribution in [0.4, 0.5) is 10.1 Å². The first-order valence-corrected chi connectivity index (χ1v) is 10.6. The van der Waals surface area contributed by atoms with Gasteiger partial charge in [0.2, 0.25) is 11.8 Å². The maximum Gasteiger partial charge on any atom is 0.329 e. The van der Waals surface area contributed by atoms with E-state index in [1.807, 2.05) is 36.4 Å². The number of amides is 1. The van der Waals surface area contributed by atoms with E-state index < -0.39 is 29.4 Å². The van der Waals surface area contributed by atoms with E-state index in [1.165, 1.54) is 12.1 Å². The Morgan fingerprint density at radius 1 is 1.09 bits per heavy atom. The number of imidazole rings is 1. The molecule has 0 spiro atoms. The van der Waals surface area contributed by atoms with Crippen molar-refractivity contribution in [1.82, 2.24) is 9.55 Å². The molecule has 1 heterocycles. The van der Waals surface area contributed by atoms with Gasteiger partial charge in [-0.25, -0.2) is 13.8 Å². The Morgan fingerprint density at radius 3 is 2.35 bits per heavy atom. The SMILES string of the molecule is C#Cc1ccc(NC(=O)[C@H]([C@@H](C)c2ccccc2)n2c(O)c(-c3ccccc3)[nH]c2=O)c(F)c1. The summed E-state index contributed by atoms with van der Waals surface area (Å²) in [5.41, 5.74) is 1.12. The molecular weight excluding hydrogens is 433 g/mol. The maximum atomic E-state index is 14.5. The molecule has 170 valence electrons. The Balaban J connectivity index is 1.80. The van der Waals surface area contributed by atoms with Crippen molar-refractivity contribution in [2.45, 2.75) is 18.9 Å². The summed E-state index contributed by atoms with van der Waals surface area (Å²) in [6.45, 7) is 1.76. The molecule has 0 radical (unpaired) electrons. The van der Waals surface area contributed by atoms with E-state index in [0.717, 1.165) is 16.2 Å². The summed E-state index contributed by atoms with van der Waals surface area (Å²) in [4.78, 5) is 29.1. The maximum absolute atomic E-state index is 14.5. The van der Waals surface area contributed by atoms with Gasteiger partial charge in [0.05, 0.1) is 5.69 Å². The second-order valence-electron chi connectivity index (χ2n) is 7.84. The molecule has 34 heavy (non-hydrogen) atoms. The first kappa shape index (κ1) is 22.6. The minimum atomic E-state index is -1.18. The van der Waals surface area contributed by atoms with Gasteiger partial charge in [-0.05, 0) is 23.8 Å². The second kappa shape index (κ2) is 9.51. The molecule has 0 unspecified atom stereocenters. The topological polar surface area (TPSA) is 87.1 Å². The lowest BCUT2D eigenvalue weighted by molar-refractivity contribution is -0.120. The number of halogens is 1. The van der Waals surface area contributed by atoms with Crippen LogP contribution in [0.5, 0.6) is 5.88 Å². The smallest absolute Gasteiger partial charge is 0.329 e. The lowest BCUT2D eigenvalue weighted by atomic mass is 9.92. The molecule has 3 aromatic carbocycles. The van der Waals surface area contributed by atoms with Crippen LogP contribution in [0, 0.1) is 18.2 Å². The van der Waals surface area contributed by atoms with Crippen molar-refractivity contribution in [3.63, 3.8) is 0 Å². The van der Waals surface area contributed by atoms with E-state index in [1.54, 1.807) is 31.2 Å². The van der Waals surface area contributed by atoms with E-state index in [2.05, 4.69) is 16.2 Å². The van der Waals surface area contributed by atoms with Gasteiger partial charge in [0.1, 0.15) is 17.6 Å². The molecule has 2 atom stereocenters. The highest BCUT2D eigenvalue weighted by atomic mass is 19.1. The van der Waals surface area contributed by atoms with E-state index in [-0.39, 0.29) is 17.3 Å². The third kappa shape index (κ3) is 4.34. The minimum absolute atomic E-state index is 0.0828. The summed E-state index contributed by atoms with van der Waals surface area (Å²) >= 11 is 0. The summed E-state index contributed by atoms with van der Waals surface area (Å²) < 4.78 is 15.5. The van der Waals surface area contributed by atoms with Crippen LogP contribution in [-0.2, 0) is 4.79 Å². The molecule has 7 heteroatoms. The van der Waals surface area contributed by atoms with Crippen LogP contribution in [0.3, 0.4) is 0 Å². The second-order valence-corrected chi connectivity index (χ2v) is 7.84. The summed E-state index contributed by atoms with van der Waals surface area (Å²) in [5.74, 6) is 0.0335. The number of aromatic nitrogens is 2. The van der Waals surface area contributed by atoms with Crippen molar-refractivity contribution in [2.24, 2.45) is 0 Å². The molecule has 0 saturated heterocycles. The third-order valence-electron chi connectivity index (χ3n) is 5.70. The van der Waals surface area contributed by atoms with Crippen LogP contribution in [0.25, 0.3) is 11.3 Å². The molecular formula is C27H22FN3O3. The highest BCUT2D eigenvalue weighted by Gasteiger charge is 2.33. The number of hydrogen-bond donors (Lipinski definition) is 3. The normalized spacial score (nSPS) is 12.5. The van der Waals surface area contributed by atoms with Crippen molar-refractivity contribution < 1.29 is 14.3 Å². The molecule has 0 bridgehead atoms. The lowest BCUT2D eigenvalue weighted by Gasteiger charge is -2.25. The third-order valence-corrected chi connectivity index (χ3v) is 5.70. The first-order valence-electron chi connectivity index (χ1n) is 10.6. The summed E-state index contributed by atoms with van der Waals surface area (Å²) in [6.07, 6.45) is 5.31. The van der Waals surface area contributed by atoms with Crippen molar-refractivity contribution in [2.75, 3.05) is 5.32 Å². The zero-order chi connectivity index (χ0) is 24.2. The van der Waals surface area contributed by atoms with Gasteiger partial charge >= 0.3 is 5.69 Å². The predicted octanol–water partition coefficient (Wildman–Crippen LogP) is 4.65. The molecule has 0 fully saturated rings. The van der Waals surface area contributed by atoms with Crippen molar-refractivity contribution >= 4 is 11.6 Å². The van der Waals surface area contributed by atoms with Gasteiger partial charge in [-0.2, -0.15) is 0 Å². The Labute approximate surface area is 195 Å². The van der Waals surface area contributed by atoms with Gasteiger partial charge in [0.25, 0.3) is 0 Å². The molecule has 4 aromatic rings. The zero-order valence-electron chi connectivity index (χ0n) is 18.3. The van der Waals surface area contributed by atoms with Gasteiger partial charge in [-0.1, -0.05) is 73.5 Å². The van der Waals surface area contributed by atoms with Crippen LogP contribution < -0.4 is 11.0 Å². The molecule has 3 N–H and O–H groups in total. The van der Waals surface area contributed by atoms with E-state index >= 15 is 0 Å². The number of aromatic hydroxyl groups is 1. The van der Waals surface area contributed by atoms with Crippen LogP contribution in [0.15, 0.2) is 83.7 Å². The summed E-state index contributed by atoms with van der Waals surface area (Å²) in [7, 11) is 0. The van der Waals surface area contributed by atoms with Crippen LogP contribution in [0.2, 0.25) is 0 Å². The number of nitrogens with one attached hydrogen (secondary N) is 2. The lowest BCUT2D eigenvalue weighted by Crippen LogP contribution is -2.35. The number of H-pyrrole nitrogens is 1. The fourth-order valence-electron chi connectivity index (χ4n) is 3.92. The number of nitrogens with zero attached hydrogens (tertiary/aromatic N) is 1. The number of hydrogen-bond acceptors (Lipinski definition) is 3. The van der Waals surface area contributed by atoms with Crippen LogP contribution >= 0.6 is 0 Å². The van der Waals surface area contributed by atoms with Gasteiger partial charge in [0, 0.05) is 17.0 Å². The Kier molecular flexibility index (Phi) is 6.33. The largest absolute Gasteiger partial charge is 0.493 e. The van der Waals surface area contributed by atoms with E-state index in [0.29, 0.717) is 11.1 Å². The molecule has 1 aromatic heterocycles. The van der Waals surface area contributed by atoms with Crippen molar-refractivity contribution in [3.8, 4) is 29.5 Å². The minimum Gasteiger partial charge on any atom is -0.493 e. The van der Waals surface area contributed by atoms with Gasteiger partial charge in [-0.15, -0.1) is 6.42 Å². The van der Waals surface area contributed by atoms with Crippen molar-refractivity contribution in [1.29, 1.82) is 0 Å². The molecule has 0 aliphatic carbocycles. The van der Waals surface area contributed by atoms with Gasteiger partial charge in [0.15, 0.2) is 0 Å². The zero-order valence-corrected chi connectivity index (χ0v) is 18.3. The number of anilines is 1. The van der Waals surface area contributed by atoms with Gasteiger partial charge < -0.3 is 15.4 Å². The van der Waals surface area contributed by atoms with Gasteiger partial charge in [-0.3, -0.25) is 4.79 Å². The standard InChI is InChI=1S/C27H22FN3O3/c1-3-18-14-15-22(21(28)16-18)29-25(32)24(17(2)19-10-6-4-7-11-19)31-26(33)23(30-27(31)34)20-12-8-5-9-13-20/h1,4-17,24,33H,2H3,(H,29,32)(H,30,34)/t17-,24-/m0/s1. The number of rotatable bonds is 6. The number of terminal acetylenes is 1. The molecule has 4 rings (SSSR count). The molecule has 6 nitrogen and oxygen atoms in total. The van der Waals surface area contributed by atoms with E-state index in [9.17, 15) is 19.1 Å². The predicted molar refractivity (Wildman–Crippen MR) is 129 cm³/mol. The molecule has 0 saturated carbocycles. The average molecular weight is 455 g/mol. The average Bonchev–Trinajstić information content (AvgIpc) is 3.15. The number of carbonyl (C=O) groups is 1. The van der Waals surface area contributed by atoms with Crippen molar-refractivity contribution in [3.05, 3.63) is 106 Å². The Bertz CT molecular complexity index is 1420. The summed E-state index contributed by atoms with van der Waals surface area (Å²) in [5, 5.41) is 13.6. The van der Waals surface area contributed by atoms with Crippen LogP contribution in [-0.4, -0.2) is 20.6 Å². The molecule has 0 aliphatic rings. The highest BCUT2D eigenvalue weighted by Crippen LogP contribution is 2.35. The Hall–Kier alpha value is -4.57. The van der Waals surface area contributed by atoms with E-state index in [4.69, 9.17) is 6.42 Å². The number of carbonyl (C=O) groups excluding carboxylic acids is 1. The summed E-state index contributed by atoms with van der Waals surface area (Å²) in [6, 6.07) is 20.7. The molecule has 1 amide bonds.